The van der Waals surface area contributed by atoms with Crippen molar-refractivity contribution in [1.82, 2.24) is 9.88 Å². The summed E-state index contributed by atoms with van der Waals surface area (Å²) in [5.74, 6) is 0.312. The van der Waals surface area contributed by atoms with E-state index >= 15 is 0 Å². The monoisotopic (exact) mass is 341 g/mol. The van der Waals surface area contributed by atoms with E-state index < -0.39 is 0 Å². The Hall–Kier alpha value is -2.30. The Bertz CT molecular complexity index is 866. The molecule has 5 heteroatoms. The Balaban J connectivity index is 1.93. The van der Waals surface area contributed by atoms with Gasteiger partial charge < -0.3 is 15.3 Å². The molecule has 124 valence electrons. The molecule has 3 rings (SSSR count). The van der Waals surface area contributed by atoms with Crippen molar-refractivity contribution in [3.63, 3.8) is 0 Å². The fraction of sp³-hybridized carbons (Fsp3) is 0.211. The van der Waals surface area contributed by atoms with Crippen molar-refractivity contribution >= 4 is 33.9 Å². The maximum absolute atomic E-state index is 10.1. The van der Waals surface area contributed by atoms with Crippen LogP contribution in [0.4, 0.5) is 11.4 Å². The van der Waals surface area contributed by atoms with E-state index in [4.69, 9.17) is 11.6 Å². The maximum Gasteiger partial charge on any atom is 0.120 e. The third-order valence-electron chi connectivity index (χ3n) is 4.04. The van der Waals surface area contributed by atoms with Crippen molar-refractivity contribution in [2.45, 2.75) is 13.5 Å². The van der Waals surface area contributed by atoms with Gasteiger partial charge in [0, 0.05) is 40.1 Å². The van der Waals surface area contributed by atoms with E-state index in [1.807, 2.05) is 43.4 Å². The molecule has 0 bridgehead atoms. The van der Waals surface area contributed by atoms with Crippen LogP contribution in [0, 0.1) is 0 Å². The Kier molecular flexibility index (Phi) is 4.88. The minimum absolute atomic E-state index is 0.312. The van der Waals surface area contributed by atoms with Crippen molar-refractivity contribution < 1.29 is 5.11 Å². The second-order valence-corrected chi connectivity index (χ2v) is 6.26. The first-order valence-corrected chi connectivity index (χ1v) is 8.26. The van der Waals surface area contributed by atoms with Crippen molar-refractivity contribution in [2.75, 3.05) is 18.9 Å². The number of halogens is 1. The third kappa shape index (κ3) is 3.61. The number of pyridine rings is 1. The first kappa shape index (κ1) is 16.6. The fourth-order valence-electron chi connectivity index (χ4n) is 2.58. The van der Waals surface area contributed by atoms with E-state index in [-0.39, 0.29) is 0 Å². The second kappa shape index (κ2) is 7.07. The van der Waals surface area contributed by atoms with E-state index in [1.54, 1.807) is 12.3 Å². The number of benzene rings is 2. The SMILES string of the molecule is CCN(C)Cc1cc(Nc2ccnc3cc(Cl)ccc23)ccc1O. The Labute approximate surface area is 146 Å². The van der Waals surface area contributed by atoms with Crippen LogP contribution in [0.25, 0.3) is 10.9 Å². The van der Waals surface area contributed by atoms with Crippen LogP contribution in [0.15, 0.2) is 48.7 Å². The van der Waals surface area contributed by atoms with Gasteiger partial charge in [0.25, 0.3) is 0 Å². The topological polar surface area (TPSA) is 48.4 Å². The number of rotatable bonds is 5. The van der Waals surface area contributed by atoms with Gasteiger partial charge in [0.05, 0.1) is 5.52 Å². The largest absolute Gasteiger partial charge is 0.508 e. The molecule has 3 aromatic rings. The molecule has 0 aliphatic rings. The normalized spacial score (nSPS) is 11.2. The number of phenolic OH excluding ortho intramolecular Hbond substituents is 1. The van der Waals surface area contributed by atoms with Crippen molar-refractivity contribution in [3.05, 3.63) is 59.2 Å². The average molecular weight is 342 g/mol. The maximum atomic E-state index is 10.1. The number of nitrogens with one attached hydrogen (secondary N) is 1. The lowest BCUT2D eigenvalue weighted by atomic mass is 10.1. The van der Waals surface area contributed by atoms with Crippen LogP contribution in [-0.4, -0.2) is 28.6 Å². The number of fused-ring (bicyclic) bond motifs is 1. The minimum atomic E-state index is 0.312. The number of aromatic hydroxyl groups is 1. The number of nitrogens with zero attached hydrogens (tertiary/aromatic N) is 2. The highest BCUT2D eigenvalue weighted by Crippen LogP contribution is 2.29. The van der Waals surface area contributed by atoms with E-state index in [0.717, 1.165) is 34.4 Å². The van der Waals surface area contributed by atoms with Crippen LogP contribution in [0.3, 0.4) is 0 Å². The Morgan fingerprint density at radius 3 is 2.79 bits per heavy atom. The molecule has 2 N–H and O–H groups in total. The minimum Gasteiger partial charge on any atom is -0.508 e. The van der Waals surface area contributed by atoms with E-state index in [9.17, 15) is 5.11 Å². The van der Waals surface area contributed by atoms with Gasteiger partial charge in [0.2, 0.25) is 0 Å². The molecule has 0 fully saturated rings. The Morgan fingerprint density at radius 2 is 2.00 bits per heavy atom. The first-order chi connectivity index (χ1) is 11.6. The number of aromatic nitrogens is 1. The molecule has 2 aromatic carbocycles. The average Bonchev–Trinajstić information content (AvgIpc) is 2.57. The van der Waals surface area contributed by atoms with E-state index in [1.165, 1.54) is 0 Å². The van der Waals surface area contributed by atoms with E-state index in [0.29, 0.717) is 17.3 Å². The number of anilines is 2. The van der Waals surface area contributed by atoms with E-state index in [2.05, 4.69) is 22.1 Å². The van der Waals surface area contributed by atoms with Crippen LogP contribution in [0.5, 0.6) is 5.75 Å². The zero-order chi connectivity index (χ0) is 17.1. The smallest absolute Gasteiger partial charge is 0.120 e. The molecule has 0 aliphatic heterocycles. The highest BCUT2D eigenvalue weighted by Gasteiger charge is 2.08. The molecular weight excluding hydrogens is 322 g/mol. The van der Waals surface area contributed by atoms with Crippen LogP contribution in [0.2, 0.25) is 5.02 Å². The van der Waals surface area contributed by atoms with Gasteiger partial charge in [0.15, 0.2) is 0 Å². The standard InChI is InChI=1S/C19H20ClN3O/c1-3-23(2)12-13-10-15(5-7-19(13)24)22-17-8-9-21-18-11-14(20)4-6-16(17)18/h4-11,24H,3,12H2,1-2H3,(H,21,22). The zero-order valence-corrected chi connectivity index (χ0v) is 14.5. The lowest BCUT2D eigenvalue weighted by molar-refractivity contribution is 0.337. The van der Waals surface area contributed by atoms with Crippen LogP contribution in [-0.2, 0) is 6.54 Å². The van der Waals surface area contributed by atoms with Gasteiger partial charge in [-0.05, 0) is 56.1 Å². The van der Waals surface area contributed by atoms with Crippen LogP contribution in [0.1, 0.15) is 12.5 Å². The molecule has 0 atom stereocenters. The quantitative estimate of drug-likeness (QED) is 0.655. The summed E-state index contributed by atoms with van der Waals surface area (Å²) in [7, 11) is 2.03. The summed E-state index contributed by atoms with van der Waals surface area (Å²) in [5.41, 5.74) is 3.62. The summed E-state index contributed by atoms with van der Waals surface area (Å²) in [6.07, 6.45) is 1.76. The van der Waals surface area contributed by atoms with Gasteiger partial charge >= 0.3 is 0 Å². The van der Waals surface area contributed by atoms with Gasteiger partial charge in [-0.2, -0.15) is 0 Å². The molecular formula is C19H20ClN3O. The summed E-state index contributed by atoms with van der Waals surface area (Å²) in [5, 5.41) is 15.2. The number of phenols is 1. The van der Waals surface area contributed by atoms with Gasteiger partial charge in [0.1, 0.15) is 5.75 Å². The summed E-state index contributed by atoms with van der Waals surface area (Å²) in [6.45, 7) is 3.71. The zero-order valence-electron chi connectivity index (χ0n) is 13.8. The van der Waals surface area contributed by atoms with Crippen molar-refractivity contribution in [2.24, 2.45) is 0 Å². The molecule has 0 unspecified atom stereocenters. The van der Waals surface area contributed by atoms with Gasteiger partial charge in [-0.3, -0.25) is 4.98 Å². The highest BCUT2D eigenvalue weighted by atomic mass is 35.5. The number of hydrogen-bond donors (Lipinski definition) is 2. The fourth-order valence-corrected chi connectivity index (χ4v) is 2.74. The molecule has 0 amide bonds. The predicted molar refractivity (Wildman–Crippen MR) is 100 cm³/mol. The molecule has 4 nitrogen and oxygen atoms in total. The molecule has 0 saturated carbocycles. The molecule has 0 aliphatic carbocycles. The molecule has 0 radical (unpaired) electrons. The summed E-state index contributed by atoms with van der Waals surface area (Å²) in [6, 6.07) is 13.2. The van der Waals surface area contributed by atoms with Crippen LogP contribution < -0.4 is 5.32 Å². The summed E-state index contributed by atoms with van der Waals surface area (Å²) < 4.78 is 0. The summed E-state index contributed by atoms with van der Waals surface area (Å²) >= 11 is 6.04. The number of hydrogen-bond acceptors (Lipinski definition) is 4. The summed E-state index contributed by atoms with van der Waals surface area (Å²) in [4.78, 5) is 6.50. The lowest BCUT2D eigenvalue weighted by Gasteiger charge is -2.16. The second-order valence-electron chi connectivity index (χ2n) is 5.82. The van der Waals surface area contributed by atoms with Gasteiger partial charge in [-0.1, -0.05) is 18.5 Å². The Morgan fingerprint density at radius 1 is 1.17 bits per heavy atom. The highest BCUT2D eigenvalue weighted by molar-refractivity contribution is 6.31. The molecule has 1 heterocycles. The van der Waals surface area contributed by atoms with Crippen molar-refractivity contribution in [1.29, 1.82) is 0 Å². The lowest BCUT2D eigenvalue weighted by Crippen LogP contribution is -2.16. The molecule has 24 heavy (non-hydrogen) atoms. The first-order valence-electron chi connectivity index (χ1n) is 7.88. The third-order valence-corrected chi connectivity index (χ3v) is 4.28. The molecule has 0 saturated heterocycles. The van der Waals surface area contributed by atoms with Gasteiger partial charge in [-0.15, -0.1) is 0 Å². The predicted octanol–water partition coefficient (Wildman–Crippen LogP) is 4.79. The van der Waals surface area contributed by atoms with Crippen molar-refractivity contribution in [3.8, 4) is 5.75 Å². The molecule has 1 aromatic heterocycles. The van der Waals surface area contributed by atoms with Crippen LogP contribution >= 0.6 is 11.6 Å². The molecule has 0 spiro atoms. The van der Waals surface area contributed by atoms with Gasteiger partial charge in [-0.25, -0.2) is 0 Å².